The third kappa shape index (κ3) is 3.97. The first-order valence-corrected chi connectivity index (χ1v) is 9.25. The van der Waals surface area contributed by atoms with Gasteiger partial charge in [0, 0.05) is 9.26 Å². The first kappa shape index (κ1) is 15.7. The van der Waals surface area contributed by atoms with Crippen molar-refractivity contribution in [2.75, 3.05) is 11.1 Å². The summed E-state index contributed by atoms with van der Waals surface area (Å²) in [6, 6.07) is 8.11. The number of nitrogens with zero attached hydrogens (tertiary/aromatic N) is 4. The van der Waals surface area contributed by atoms with Crippen LogP contribution in [0.1, 0.15) is 31.7 Å². The van der Waals surface area contributed by atoms with Crippen molar-refractivity contribution in [2.45, 2.75) is 36.9 Å². The van der Waals surface area contributed by atoms with E-state index >= 15 is 0 Å². The summed E-state index contributed by atoms with van der Waals surface area (Å²) in [4.78, 5) is 12.0. The zero-order valence-electron chi connectivity index (χ0n) is 11.9. The minimum Gasteiger partial charge on any atom is -0.325 e. The van der Waals surface area contributed by atoms with Crippen LogP contribution in [-0.2, 0) is 4.79 Å². The number of rotatable bonds is 5. The van der Waals surface area contributed by atoms with Crippen molar-refractivity contribution < 1.29 is 4.79 Å². The van der Waals surface area contributed by atoms with Gasteiger partial charge in [0.15, 0.2) is 0 Å². The minimum atomic E-state index is -0.0482. The van der Waals surface area contributed by atoms with Gasteiger partial charge in [-0.15, -0.1) is 5.10 Å². The molecule has 0 aliphatic heterocycles. The Morgan fingerprint density at radius 1 is 1.41 bits per heavy atom. The topological polar surface area (TPSA) is 72.7 Å². The highest BCUT2D eigenvalue weighted by molar-refractivity contribution is 14.1. The normalized spacial score (nSPS) is 15.1. The lowest BCUT2D eigenvalue weighted by Gasteiger charge is -2.10. The lowest BCUT2D eigenvalue weighted by atomic mass is 10.3. The first-order chi connectivity index (χ1) is 10.7. The van der Waals surface area contributed by atoms with Crippen LogP contribution in [0, 0.1) is 3.57 Å². The quantitative estimate of drug-likeness (QED) is 0.584. The standard InChI is InChI=1S/C14H16IN5OS/c15-10-4-3-5-11(8-10)16-13(21)9-22-14-17-18-19-20(14)12-6-1-2-7-12/h3-5,8,12H,1-2,6-7,9H2,(H,16,21). The van der Waals surface area contributed by atoms with Gasteiger partial charge >= 0.3 is 0 Å². The Bertz CT molecular complexity index is 656. The van der Waals surface area contributed by atoms with E-state index in [0.717, 1.165) is 27.3 Å². The molecule has 0 radical (unpaired) electrons. The Labute approximate surface area is 146 Å². The van der Waals surface area contributed by atoms with Crippen molar-refractivity contribution in [3.05, 3.63) is 27.8 Å². The summed E-state index contributed by atoms with van der Waals surface area (Å²) in [5.74, 6) is 0.256. The van der Waals surface area contributed by atoms with Crippen LogP contribution in [0.2, 0.25) is 0 Å². The molecule has 116 valence electrons. The number of carbonyl (C=O) groups is 1. The van der Waals surface area contributed by atoms with Crippen molar-refractivity contribution in [3.63, 3.8) is 0 Å². The van der Waals surface area contributed by atoms with Crippen molar-refractivity contribution in [1.82, 2.24) is 20.2 Å². The molecule has 6 nitrogen and oxygen atoms in total. The number of carbonyl (C=O) groups excluding carboxylic acids is 1. The Kier molecular flexibility index (Phi) is 5.29. The van der Waals surface area contributed by atoms with E-state index in [4.69, 9.17) is 0 Å². The summed E-state index contributed by atoms with van der Waals surface area (Å²) >= 11 is 3.61. The van der Waals surface area contributed by atoms with Gasteiger partial charge in [-0.3, -0.25) is 4.79 Å². The Balaban J connectivity index is 1.56. The average Bonchev–Trinajstić information content (AvgIpc) is 3.16. The van der Waals surface area contributed by atoms with Gasteiger partial charge in [0.2, 0.25) is 11.1 Å². The molecule has 0 atom stereocenters. The van der Waals surface area contributed by atoms with Crippen LogP contribution >= 0.6 is 34.4 Å². The Hall–Kier alpha value is -1.16. The smallest absolute Gasteiger partial charge is 0.234 e. The molecule has 0 saturated heterocycles. The number of amides is 1. The Morgan fingerprint density at radius 2 is 2.23 bits per heavy atom. The second-order valence-corrected chi connectivity index (χ2v) is 7.38. The number of hydrogen-bond donors (Lipinski definition) is 1. The summed E-state index contributed by atoms with van der Waals surface area (Å²) in [5.41, 5.74) is 0.813. The van der Waals surface area contributed by atoms with E-state index in [1.807, 2.05) is 28.9 Å². The molecule has 3 rings (SSSR count). The molecule has 2 aromatic rings. The number of benzene rings is 1. The van der Waals surface area contributed by atoms with Crippen molar-refractivity contribution in [2.24, 2.45) is 0 Å². The predicted molar refractivity (Wildman–Crippen MR) is 93.8 cm³/mol. The minimum absolute atomic E-state index is 0.0482. The molecule has 1 saturated carbocycles. The monoisotopic (exact) mass is 429 g/mol. The van der Waals surface area contributed by atoms with Gasteiger partial charge < -0.3 is 5.32 Å². The molecule has 1 aromatic carbocycles. The molecule has 1 amide bonds. The van der Waals surface area contributed by atoms with E-state index in [-0.39, 0.29) is 5.91 Å². The van der Waals surface area contributed by atoms with Crippen LogP contribution in [0.25, 0.3) is 0 Å². The van der Waals surface area contributed by atoms with Gasteiger partial charge in [0.1, 0.15) is 0 Å². The highest BCUT2D eigenvalue weighted by Crippen LogP contribution is 2.31. The zero-order chi connectivity index (χ0) is 15.4. The number of hydrogen-bond acceptors (Lipinski definition) is 5. The van der Waals surface area contributed by atoms with Gasteiger partial charge in [-0.1, -0.05) is 30.7 Å². The first-order valence-electron chi connectivity index (χ1n) is 7.18. The molecule has 1 N–H and O–H groups in total. The number of nitrogens with one attached hydrogen (secondary N) is 1. The average molecular weight is 429 g/mol. The van der Waals surface area contributed by atoms with Crippen LogP contribution in [0.15, 0.2) is 29.4 Å². The maximum atomic E-state index is 12.0. The number of anilines is 1. The lowest BCUT2D eigenvalue weighted by Crippen LogP contribution is -2.15. The number of halogens is 1. The summed E-state index contributed by atoms with van der Waals surface area (Å²) in [7, 11) is 0. The molecule has 0 unspecified atom stereocenters. The van der Waals surface area contributed by atoms with E-state index in [1.165, 1.54) is 24.6 Å². The fraction of sp³-hybridized carbons (Fsp3) is 0.429. The highest BCUT2D eigenvalue weighted by atomic mass is 127. The summed E-state index contributed by atoms with van der Waals surface area (Å²) < 4.78 is 2.96. The molecule has 0 spiro atoms. The molecule has 1 heterocycles. The van der Waals surface area contributed by atoms with Crippen LogP contribution < -0.4 is 5.32 Å². The number of thioether (sulfide) groups is 1. The van der Waals surface area contributed by atoms with Gasteiger partial charge in [0.25, 0.3) is 0 Å². The zero-order valence-corrected chi connectivity index (χ0v) is 14.9. The molecular formula is C14H16IN5OS. The maximum absolute atomic E-state index is 12.0. The summed E-state index contributed by atoms with van der Waals surface area (Å²) in [5, 5.41) is 15.5. The third-order valence-corrected chi connectivity index (χ3v) is 5.18. The molecule has 8 heteroatoms. The fourth-order valence-electron chi connectivity index (χ4n) is 2.55. The van der Waals surface area contributed by atoms with Crippen LogP contribution in [-0.4, -0.2) is 31.9 Å². The van der Waals surface area contributed by atoms with E-state index in [1.54, 1.807) is 0 Å². The third-order valence-electron chi connectivity index (χ3n) is 3.57. The SMILES string of the molecule is O=C(CSc1nnnn1C1CCCC1)Nc1cccc(I)c1. The van der Waals surface area contributed by atoms with Crippen LogP contribution in [0.5, 0.6) is 0 Å². The maximum Gasteiger partial charge on any atom is 0.234 e. The van der Waals surface area contributed by atoms with E-state index < -0.39 is 0 Å². The van der Waals surface area contributed by atoms with Crippen LogP contribution in [0.4, 0.5) is 5.69 Å². The Morgan fingerprint density at radius 3 is 3.00 bits per heavy atom. The lowest BCUT2D eigenvalue weighted by molar-refractivity contribution is -0.113. The van der Waals surface area contributed by atoms with Crippen LogP contribution in [0.3, 0.4) is 0 Å². The van der Waals surface area contributed by atoms with E-state index in [2.05, 4.69) is 43.4 Å². The number of tetrazole rings is 1. The fourth-order valence-corrected chi connectivity index (χ4v) is 3.84. The molecule has 1 fully saturated rings. The summed E-state index contributed by atoms with van der Waals surface area (Å²) in [6.07, 6.45) is 4.68. The molecule has 1 aliphatic carbocycles. The van der Waals surface area contributed by atoms with Crippen molar-refractivity contribution in [3.8, 4) is 0 Å². The van der Waals surface area contributed by atoms with Crippen molar-refractivity contribution in [1.29, 1.82) is 0 Å². The van der Waals surface area contributed by atoms with Gasteiger partial charge in [-0.2, -0.15) is 0 Å². The molecular weight excluding hydrogens is 413 g/mol. The largest absolute Gasteiger partial charge is 0.325 e. The van der Waals surface area contributed by atoms with E-state index in [9.17, 15) is 4.79 Å². The van der Waals surface area contributed by atoms with Crippen molar-refractivity contribution >= 4 is 45.9 Å². The van der Waals surface area contributed by atoms with E-state index in [0.29, 0.717) is 11.8 Å². The summed E-state index contributed by atoms with van der Waals surface area (Å²) in [6.45, 7) is 0. The highest BCUT2D eigenvalue weighted by Gasteiger charge is 2.22. The molecule has 22 heavy (non-hydrogen) atoms. The second-order valence-electron chi connectivity index (χ2n) is 5.19. The van der Waals surface area contributed by atoms with Gasteiger partial charge in [-0.05, 0) is 64.1 Å². The van der Waals surface area contributed by atoms with Gasteiger partial charge in [0.05, 0.1) is 11.8 Å². The second kappa shape index (κ2) is 7.40. The number of aromatic nitrogens is 4. The molecule has 1 aromatic heterocycles. The van der Waals surface area contributed by atoms with Gasteiger partial charge in [-0.25, -0.2) is 4.68 Å². The molecule has 0 bridgehead atoms. The predicted octanol–water partition coefficient (Wildman–Crippen LogP) is 3.12. The molecule has 1 aliphatic rings.